The molecule has 114 valence electrons. The van der Waals surface area contributed by atoms with E-state index in [1.807, 2.05) is 32.0 Å². The maximum absolute atomic E-state index is 11.7. The highest BCUT2D eigenvalue weighted by atomic mass is 16.6. The van der Waals surface area contributed by atoms with Crippen LogP contribution in [0.5, 0.6) is 5.75 Å². The van der Waals surface area contributed by atoms with Gasteiger partial charge in [-0.1, -0.05) is 18.2 Å². The summed E-state index contributed by atoms with van der Waals surface area (Å²) in [6.07, 6.45) is 0.690. The molecular formula is C16H21NO4. The zero-order valence-corrected chi connectivity index (χ0v) is 12.6. The molecule has 0 aromatic heterocycles. The van der Waals surface area contributed by atoms with Gasteiger partial charge in [0.25, 0.3) is 5.91 Å². The van der Waals surface area contributed by atoms with Crippen molar-refractivity contribution >= 4 is 11.9 Å². The molecule has 1 atom stereocenters. The van der Waals surface area contributed by atoms with Crippen LogP contribution in [0.1, 0.15) is 18.1 Å². The number of carbonyl (C=O) groups is 2. The molecule has 1 aromatic carbocycles. The van der Waals surface area contributed by atoms with E-state index in [0.29, 0.717) is 12.3 Å². The number of rotatable bonds is 7. The predicted molar refractivity (Wildman–Crippen MR) is 80.2 cm³/mol. The average Bonchev–Trinajstić information content (AvgIpc) is 2.45. The number of amides is 1. The van der Waals surface area contributed by atoms with Crippen molar-refractivity contribution in [1.82, 2.24) is 5.32 Å². The molecule has 0 radical (unpaired) electrons. The van der Waals surface area contributed by atoms with Crippen LogP contribution < -0.4 is 10.1 Å². The fourth-order valence-corrected chi connectivity index (χ4v) is 1.60. The van der Waals surface area contributed by atoms with Gasteiger partial charge in [-0.05, 0) is 38.0 Å². The number of aryl methyl sites for hydroxylation is 2. The van der Waals surface area contributed by atoms with Gasteiger partial charge in [0.05, 0.1) is 0 Å². The number of esters is 1. The lowest BCUT2D eigenvalue weighted by atomic mass is 10.1. The van der Waals surface area contributed by atoms with Crippen molar-refractivity contribution in [3.8, 4) is 5.75 Å². The Morgan fingerprint density at radius 2 is 2.10 bits per heavy atom. The fraction of sp³-hybridized carbons (Fsp3) is 0.375. The Morgan fingerprint density at radius 3 is 2.76 bits per heavy atom. The molecule has 0 fully saturated rings. The van der Waals surface area contributed by atoms with Gasteiger partial charge in [-0.3, -0.25) is 4.79 Å². The summed E-state index contributed by atoms with van der Waals surface area (Å²) in [5.74, 6) is -0.317. The molecule has 1 rings (SSSR count). The van der Waals surface area contributed by atoms with Crippen LogP contribution in [0.15, 0.2) is 30.9 Å². The van der Waals surface area contributed by atoms with Crippen LogP contribution >= 0.6 is 0 Å². The third-order valence-corrected chi connectivity index (χ3v) is 2.79. The van der Waals surface area contributed by atoms with Crippen molar-refractivity contribution in [2.75, 3.05) is 13.2 Å². The summed E-state index contributed by atoms with van der Waals surface area (Å²) in [6, 6.07) is 5.73. The zero-order chi connectivity index (χ0) is 15.8. The first-order valence-corrected chi connectivity index (χ1v) is 6.72. The number of ether oxygens (including phenoxy) is 2. The van der Waals surface area contributed by atoms with Gasteiger partial charge in [-0.25, -0.2) is 4.79 Å². The van der Waals surface area contributed by atoms with Crippen LogP contribution in [-0.4, -0.2) is 31.1 Å². The molecule has 5 heteroatoms. The van der Waals surface area contributed by atoms with E-state index in [1.165, 1.54) is 6.92 Å². The smallest absolute Gasteiger partial charge is 0.344 e. The van der Waals surface area contributed by atoms with Crippen LogP contribution in [0, 0.1) is 13.8 Å². The molecule has 21 heavy (non-hydrogen) atoms. The molecule has 0 aliphatic rings. The molecule has 0 saturated carbocycles. The monoisotopic (exact) mass is 291 g/mol. The van der Waals surface area contributed by atoms with Crippen molar-refractivity contribution in [3.63, 3.8) is 0 Å². The van der Waals surface area contributed by atoms with Crippen molar-refractivity contribution in [3.05, 3.63) is 42.0 Å². The summed E-state index contributed by atoms with van der Waals surface area (Å²) in [5, 5.41) is 2.55. The van der Waals surface area contributed by atoms with Crippen molar-refractivity contribution < 1.29 is 19.1 Å². The molecule has 1 amide bonds. The third-order valence-electron chi connectivity index (χ3n) is 2.79. The first-order chi connectivity index (χ1) is 9.93. The van der Waals surface area contributed by atoms with Gasteiger partial charge in [-0.15, -0.1) is 6.58 Å². The first kappa shape index (κ1) is 16.8. The Kier molecular flexibility index (Phi) is 6.46. The Morgan fingerprint density at radius 1 is 1.38 bits per heavy atom. The molecule has 1 aromatic rings. The fourth-order valence-electron chi connectivity index (χ4n) is 1.60. The minimum absolute atomic E-state index is 0.233. The third kappa shape index (κ3) is 5.69. The molecule has 0 bridgehead atoms. The number of hydrogen-bond donors (Lipinski definition) is 1. The largest absolute Gasteiger partial charge is 0.482 e. The average molecular weight is 291 g/mol. The molecule has 1 unspecified atom stereocenters. The van der Waals surface area contributed by atoms with Gasteiger partial charge in [0.1, 0.15) is 5.75 Å². The standard InChI is InChI=1S/C16H21NO4/c1-5-8-17-16(19)13(4)21-15(18)10-20-14-9-11(2)6-7-12(14)3/h5-7,9,13H,1,8,10H2,2-4H3,(H,17,19). The lowest BCUT2D eigenvalue weighted by molar-refractivity contribution is -0.156. The number of hydrogen-bond acceptors (Lipinski definition) is 4. The molecule has 0 heterocycles. The SMILES string of the molecule is C=CCNC(=O)C(C)OC(=O)COc1cc(C)ccc1C. The maximum atomic E-state index is 11.7. The summed E-state index contributed by atoms with van der Waals surface area (Å²) in [6.45, 7) is 8.93. The van der Waals surface area contributed by atoms with Gasteiger partial charge in [-0.2, -0.15) is 0 Å². The normalized spacial score (nSPS) is 11.4. The second-order valence-corrected chi connectivity index (χ2v) is 4.72. The predicted octanol–water partition coefficient (Wildman–Crippen LogP) is 1.92. The van der Waals surface area contributed by atoms with Gasteiger partial charge in [0.2, 0.25) is 0 Å². The molecule has 0 saturated heterocycles. The van der Waals surface area contributed by atoms with Crippen molar-refractivity contribution in [1.29, 1.82) is 0 Å². The maximum Gasteiger partial charge on any atom is 0.344 e. The zero-order valence-electron chi connectivity index (χ0n) is 12.6. The van der Waals surface area contributed by atoms with Crippen LogP contribution in [0.25, 0.3) is 0 Å². The minimum atomic E-state index is -0.861. The van der Waals surface area contributed by atoms with E-state index in [-0.39, 0.29) is 12.5 Å². The summed E-state index contributed by atoms with van der Waals surface area (Å²) < 4.78 is 10.4. The summed E-state index contributed by atoms with van der Waals surface area (Å²) in [5.41, 5.74) is 1.98. The van der Waals surface area contributed by atoms with Crippen LogP contribution in [0.4, 0.5) is 0 Å². The van der Waals surface area contributed by atoms with E-state index < -0.39 is 12.1 Å². The molecular weight excluding hydrogens is 270 g/mol. The van der Waals surface area contributed by atoms with Gasteiger partial charge < -0.3 is 14.8 Å². The van der Waals surface area contributed by atoms with Crippen molar-refractivity contribution in [2.45, 2.75) is 26.9 Å². The van der Waals surface area contributed by atoms with E-state index in [4.69, 9.17) is 9.47 Å². The molecule has 5 nitrogen and oxygen atoms in total. The van der Waals surface area contributed by atoms with Gasteiger partial charge in [0.15, 0.2) is 12.7 Å². The Hall–Kier alpha value is -2.30. The molecule has 0 spiro atoms. The second-order valence-electron chi connectivity index (χ2n) is 4.72. The lowest BCUT2D eigenvalue weighted by Gasteiger charge is -2.14. The summed E-state index contributed by atoms with van der Waals surface area (Å²) in [4.78, 5) is 23.2. The highest BCUT2D eigenvalue weighted by Gasteiger charge is 2.17. The van der Waals surface area contributed by atoms with Crippen LogP contribution in [0.2, 0.25) is 0 Å². The van der Waals surface area contributed by atoms with E-state index >= 15 is 0 Å². The first-order valence-electron chi connectivity index (χ1n) is 6.72. The minimum Gasteiger partial charge on any atom is -0.482 e. The topological polar surface area (TPSA) is 64.6 Å². The summed E-state index contributed by atoms with van der Waals surface area (Å²) in [7, 11) is 0. The van der Waals surface area contributed by atoms with E-state index in [1.54, 1.807) is 6.08 Å². The molecule has 0 aliphatic heterocycles. The number of carbonyl (C=O) groups excluding carboxylic acids is 2. The summed E-state index contributed by atoms with van der Waals surface area (Å²) >= 11 is 0. The van der Waals surface area contributed by atoms with Gasteiger partial charge >= 0.3 is 5.97 Å². The van der Waals surface area contributed by atoms with Crippen molar-refractivity contribution in [2.24, 2.45) is 0 Å². The number of benzene rings is 1. The van der Waals surface area contributed by atoms with E-state index in [2.05, 4.69) is 11.9 Å². The quantitative estimate of drug-likeness (QED) is 0.616. The van der Waals surface area contributed by atoms with E-state index in [9.17, 15) is 9.59 Å². The van der Waals surface area contributed by atoms with Crippen LogP contribution in [0.3, 0.4) is 0 Å². The second kappa shape index (κ2) is 8.09. The van der Waals surface area contributed by atoms with Gasteiger partial charge in [0, 0.05) is 6.54 Å². The van der Waals surface area contributed by atoms with E-state index in [0.717, 1.165) is 11.1 Å². The molecule has 1 N–H and O–H groups in total. The van der Waals surface area contributed by atoms with Crippen LogP contribution in [-0.2, 0) is 14.3 Å². The Balaban J connectivity index is 2.45. The lowest BCUT2D eigenvalue weighted by Crippen LogP contribution is -2.36. The highest BCUT2D eigenvalue weighted by Crippen LogP contribution is 2.18. The molecule has 0 aliphatic carbocycles. The Labute approximate surface area is 124 Å². The Bertz CT molecular complexity index is 525. The highest BCUT2D eigenvalue weighted by molar-refractivity contribution is 5.83. The number of nitrogens with one attached hydrogen (secondary N) is 1.